The van der Waals surface area contributed by atoms with Gasteiger partial charge in [0.25, 0.3) is 0 Å². The number of nitrogens with one attached hydrogen (secondary N) is 1. The highest BCUT2D eigenvalue weighted by atomic mass is 32.1. The molecule has 0 fully saturated rings. The van der Waals surface area contributed by atoms with Crippen LogP contribution in [0.4, 0.5) is 0 Å². The average molecular weight is 198 g/mol. The summed E-state index contributed by atoms with van der Waals surface area (Å²) in [6, 6.07) is 0. The molecule has 0 saturated heterocycles. The van der Waals surface area contributed by atoms with Gasteiger partial charge in [-0.25, -0.2) is 0 Å². The molecule has 0 aliphatic heterocycles. The molecule has 0 amide bonds. The van der Waals surface area contributed by atoms with Gasteiger partial charge in [0.15, 0.2) is 0 Å². The van der Waals surface area contributed by atoms with Gasteiger partial charge in [-0.2, -0.15) is 0 Å². The van der Waals surface area contributed by atoms with Crippen molar-refractivity contribution >= 4 is 11.3 Å². The fraction of sp³-hybridized carbons (Fsp3) is 0.667. The SMILES string of the molecule is NCCC1CCCc2[nH]c(=O)sc21. The molecule has 0 saturated carbocycles. The van der Waals surface area contributed by atoms with Gasteiger partial charge in [0.2, 0.25) is 0 Å². The number of hydrogen-bond acceptors (Lipinski definition) is 3. The molecule has 0 bridgehead atoms. The van der Waals surface area contributed by atoms with E-state index in [9.17, 15) is 4.79 Å². The summed E-state index contributed by atoms with van der Waals surface area (Å²) >= 11 is 1.37. The second kappa shape index (κ2) is 3.64. The largest absolute Gasteiger partial charge is 0.330 e. The zero-order valence-corrected chi connectivity index (χ0v) is 8.32. The zero-order chi connectivity index (χ0) is 9.26. The van der Waals surface area contributed by atoms with Gasteiger partial charge in [0.05, 0.1) is 0 Å². The Morgan fingerprint density at radius 2 is 2.46 bits per heavy atom. The summed E-state index contributed by atoms with van der Waals surface area (Å²) in [5.41, 5.74) is 6.71. The minimum absolute atomic E-state index is 0.0916. The summed E-state index contributed by atoms with van der Waals surface area (Å²) in [5, 5.41) is 0. The van der Waals surface area contributed by atoms with Crippen LogP contribution >= 0.6 is 11.3 Å². The van der Waals surface area contributed by atoms with Crippen molar-refractivity contribution in [2.45, 2.75) is 31.6 Å². The van der Waals surface area contributed by atoms with Crippen LogP contribution in [0.15, 0.2) is 4.79 Å². The van der Waals surface area contributed by atoms with E-state index in [-0.39, 0.29) is 4.87 Å². The van der Waals surface area contributed by atoms with E-state index in [1.54, 1.807) is 0 Å². The topological polar surface area (TPSA) is 58.9 Å². The summed E-state index contributed by atoms with van der Waals surface area (Å²) in [6.45, 7) is 0.718. The Labute approximate surface area is 81.0 Å². The van der Waals surface area contributed by atoms with Crippen LogP contribution in [0, 0.1) is 0 Å². The molecule has 1 aromatic rings. The van der Waals surface area contributed by atoms with Crippen molar-refractivity contribution in [3.05, 3.63) is 20.2 Å². The normalized spacial score (nSPS) is 21.5. The number of aryl methyl sites for hydroxylation is 1. The maximum Gasteiger partial charge on any atom is 0.304 e. The Bertz CT molecular complexity index is 342. The fourth-order valence-corrected chi connectivity index (χ4v) is 3.07. The van der Waals surface area contributed by atoms with Crippen LogP contribution in [0.3, 0.4) is 0 Å². The summed E-state index contributed by atoms with van der Waals surface area (Å²) < 4.78 is 0. The van der Waals surface area contributed by atoms with Gasteiger partial charge in [0, 0.05) is 10.6 Å². The van der Waals surface area contributed by atoms with E-state index in [1.165, 1.54) is 34.7 Å². The van der Waals surface area contributed by atoms with Gasteiger partial charge in [-0.15, -0.1) is 0 Å². The molecule has 1 aromatic heterocycles. The Morgan fingerprint density at radius 1 is 1.62 bits per heavy atom. The predicted molar refractivity (Wildman–Crippen MR) is 54.3 cm³/mol. The van der Waals surface area contributed by atoms with E-state index in [2.05, 4.69) is 4.98 Å². The van der Waals surface area contributed by atoms with Crippen LogP contribution in [0.2, 0.25) is 0 Å². The lowest BCUT2D eigenvalue weighted by Crippen LogP contribution is -2.12. The smallest absolute Gasteiger partial charge is 0.304 e. The van der Waals surface area contributed by atoms with Crippen molar-refractivity contribution in [3.63, 3.8) is 0 Å². The number of rotatable bonds is 2. The summed E-state index contributed by atoms with van der Waals surface area (Å²) in [5.74, 6) is 0.540. The first kappa shape index (κ1) is 8.97. The van der Waals surface area contributed by atoms with Gasteiger partial charge < -0.3 is 10.7 Å². The number of aromatic amines is 1. The van der Waals surface area contributed by atoms with E-state index in [4.69, 9.17) is 5.73 Å². The molecule has 0 spiro atoms. The Balaban J connectivity index is 2.30. The first-order valence-electron chi connectivity index (χ1n) is 4.73. The molecule has 0 radical (unpaired) electrons. The minimum atomic E-state index is 0.0916. The summed E-state index contributed by atoms with van der Waals surface area (Å²) in [6.07, 6.45) is 4.43. The Morgan fingerprint density at radius 3 is 3.23 bits per heavy atom. The lowest BCUT2D eigenvalue weighted by Gasteiger charge is -2.20. The highest BCUT2D eigenvalue weighted by molar-refractivity contribution is 7.09. The molecule has 13 heavy (non-hydrogen) atoms. The first-order valence-corrected chi connectivity index (χ1v) is 5.55. The maximum absolute atomic E-state index is 11.1. The van der Waals surface area contributed by atoms with Crippen LogP contribution in [0.5, 0.6) is 0 Å². The molecule has 72 valence electrons. The second-order valence-electron chi connectivity index (χ2n) is 3.52. The number of aromatic nitrogens is 1. The summed E-state index contributed by atoms with van der Waals surface area (Å²) in [4.78, 5) is 15.4. The number of fused-ring (bicyclic) bond motifs is 1. The van der Waals surface area contributed by atoms with Crippen LogP contribution in [-0.4, -0.2) is 11.5 Å². The highest BCUT2D eigenvalue weighted by Gasteiger charge is 2.22. The van der Waals surface area contributed by atoms with E-state index >= 15 is 0 Å². The van der Waals surface area contributed by atoms with Crippen molar-refractivity contribution in [2.75, 3.05) is 6.54 Å². The second-order valence-corrected chi connectivity index (χ2v) is 4.54. The number of hydrogen-bond donors (Lipinski definition) is 2. The molecule has 1 aliphatic carbocycles. The molecule has 3 nitrogen and oxygen atoms in total. The third-order valence-corrected chi connectivity index (χ3v) is 3.71. The van der Waals surface area contributed by atoms with E-state index < -0.39 is 0 Å². The number of thiazole rings is 1. The van der Waals surface area contributed by atoms with Crippen molar-refractivity contribution in [1.82, 2.24) is 4.98 Å². The van der Waals surface area contributed by atoms with Crippen LogP contribution < -0.4 is 10.6 Å². The molecule has 0 aromatic carbocycles. The summed E-state index contributed by atoms with van der Waals surface area (Å²) in [7, 11) is 0. The fourth-order valence-electron chi connectivity index (χ4n) is 2.02. The molecule has 1 unspecified atom stereocenters. The van der Waals surface area contributed by atoms with Crippen LogP contribution in [0.1, 0.15) is 35.8 Å². The lowest BCUT2D eigenvalue weighted by molar-refractivity contribution is 0.529. The van der Waals surface area contributed by atoms with E-state index in [0.717, 1.165) is 19.4 Å². The number of nitrogens with two attached hydrogens (primary N) is 1. The van der Waals surface area contributed by atoms with Gasteiger partial charge >= 0.3 is 4.87 Å². The van der Waals surface area contributed by atoms with Gasteiger partial charge in [-0.1, -0.05) is 11.3 Å². The molecule has 1 aliphatic rings. The molecular formula is C9H14N2OS. The first-order chi connectivity index (χ1) is 6.31. The average Bonchev–Trinajstić information content (AvgIpc) is 2.47. The monoisotopic (exact) mass is 198 g/mol. The third-order valence-electron chi connectivity index (χ3n) is 2.62. The lowest BCUT2D eigenvalue weighted by atomic mass is 9.89. The zero-order valence-electron chi connectivity index (χ0n) is 7.51. The predicted octanol–water partition coefficient (Wildman–Crippen LogP) is 1.21. The van der Waals surface area contributed by atoms with Crippen molar-refractivity contribution in [2.24, 2.45) is 5.73 Å². The van der Waals surface area contributed by atoms with Gasteiger partial charge in [-0.05, 0) is 38.1 Å². The van der Waals surface area contributed by atoms with E-state index in [1.807, 2.05) is 0 Å². The van der Waals surface area contributed by atoms with Crippen molar-refractivity contribution in [1.29, 1.82) is 0 Å². The molecule has 4 heteroatoms. The highest BCUT2D eigenvalue weighted by Crippen LogP contribution is 2.34. The van der Waals surface area contributed by atoms with Crippen LogP contribution in [-0.2, 0) is 6.42 Å². The molecule has 2 rings (SSSR count). The third kappa shape index (κ3) is 1.69. The molecule has 1 atom stereocenters. The molecule has 3 N–H and O–H groups in total. The van der Waals surface area contributed by atoms with Crippen molar-refractivity contribution in [3.8, 4) is 0 Å². The Kier molecular flexibility index (Phi) is 2.51. The van der Waals surface area contributed by atoms with Gasteiger partial charge in [0.1, 0.15) is 0 Å². The minimum Gasteiger partial charge on any atom is -0.330 e. The van der Waals surface area contributed by atoms with E-state index in [0.29, 0.717) is 5.92 Å². The maximum atomic E-state index is 11.1. The Hall–Kier alpha value is -0.610. The molecule has 1 heterocycles. The van der Waals surface area contributed by atoms with Gasteiger partial charge in [-0.3, -0.25) is 4.79 Å². The molecular weight excluding hydrogens is 184 g/mol. The van der Waals surface area contributed by atoms with Crippen molar-refractivity contribution < 1.29 is 0 Å². The number of H-pyrrole nitrogens is 1. The standard InChI is InChI=1S/C9H14N2OS/c10-5-4-6-2-1-3-7-8(6)13-9(12)11-7/h6H,1-5,10H2,(H,11,12). The quantitative estimate of drug-likeness (QED) is 0.750. The van der Waals surface area contributed by atoms with Crippen LogP contribution in [0.25, 0.3) is 0 Å².